The van der Waals surface area contributed by atoms with Crippen LogP contribution < -0.4 is 10.6 Å². The Morgan fingerprint density at radius 1 is 1.06 bits per heavy atom. The van der Waals surface area contributed by atoms with Gasteiger partial charge in [-0.15, -0.1) is 0 Å². The second kappa shape index (κ2) is 8.22. The van der Waals surface area contributed by atoms with Crippen LogP contribution in [0.3, 0.4) is 0 Å². The summed E-state index contributed by atoms with van der Waals surface area (Å²) in [5.74, 6) is -0.273. The van der Waals surface area contributed by atoms with Crippen molar-refractivity contribution in [3.8, 4) is 0 Å². The summed E-state index contributed by atoms with van der Waals surface area (Å²) in [6, 6.07) is 7.55. The van der Waals surface area contributed by atoms with Gasteiger partial charge < -0.3 is 15.5 Å². The molecule has 1 heterocycles. The Morgan fingerprint density at radius 3 is 2.38 bits per heavy atom. The first-order chi connectivity index (χ1) is 15.4. The monoisotopic (exact) mass is 438 g/mol. The molecule has 0 aromatic heterocycles. The molecule has 3 saturated carbocycles. The molecular weight excluding hydrogens is 408 g/mol. The first kappa shape index (κ1) is 21.0. The van der Waals surface area contributed by atoms with E-state index < -0.39 is 5.54 Å². The average molecular weight is 439 g/mol. The van der Waals surface area contributed by atoms with Gasteiger partial charge in [-0.1, -0.05) is 25.0 Å². The summed E-state index contributed by atoms with van der Waals surface area (Å²) in [6.45, 7) is 0.590. The molecule has 4 fully saturated rings. The molecule has 0 unspecified atom stereocenters. The lowest BCUT2D eigenvalue weighted by molar-refractivity contribution is -0.134. The molecule has 2 N–H and O–H groups in total. The second-order valence-electron chi connectivity index (χ2n) is 9.62. The topological polar surface area (TPSA) is 98.8 Å². The van der Waals surface area contributed by atoms with Crippen molar-refractivity contribution < 1.29 is 19.2 Å². The normalized spacial score (nSPS) is 21.7. The third-order valence-electron chi connectivity index (χ3n) is 7.04. The van der Waals surface area contributed by atoms with Gasteiger partial charge in [0.15, 0.2) is 0 Å². The van der Waals surface area contributed by atoms with Crippen molar-refractivity contribution in [2.75, 3.05) is 6.54 Å². The van der Waals surface area contributed by atoms with Crippen LogP contribution in [0.1, 0.15) is 73.7 Å². The lowest BCUT2D eigenvalue weighted by Crippen LogP contribution is -2.44. The van der Waals surface area contributed by atoms with Crippen molar-refractivity contribution in [2.24, 2.45) is 0 Å². The summed E-state index contributed by atoms with van der Waals surface area (Å²) in [5, 5.41) is 5.84. The van der Waals surface area contributed by atoms with E-state index in [1.807, 2.05) is 17.0 Å². The molecule has 0 bridgehead atoms. The number of carbonyl (C=O) groups is 4. The number of imide groups is 1. The molecule has 1 aliphatic heterocycles. The van der Waals surface area contributed by atoms with Gasteiger partial charge in [0.25, 0.3) is 11.8 Å². The number of hydrogen-bond donors (Lipinski definition) is 2. The van der Waals surface area contributed by atoms with Gasteiger partial charge in [0.1, 0.15) is 5.54 Å². The Labute approximate surface area is 187 Å². The van der Waals surface area contributed by atoms with Crippen molar-refractivity contribution in [3.05, 3.63) is 35.4 Å². The molecule has 1 saturated heterocycles. The summed E-state index contributed by atoms with van der Waals surface area (Å²) in [4.78, 5) is 53.4. The van der Waals surface area contributed by atoms with Crippen molar-refractivity contribution in [2.45, 2.75) is 82.0 Å². The van der Waals surface area contributed by atoms with Gasteiger partial charge in [-0.05, 0) is 56.2 Å². The van der Waals surface area contributed by atoms with E-state index in [0.717, 1.165) is 44.1 Å². The predicted molar refractivity (Wildman–Crippen MR) is 117 cm³/mol. The maximum atomic E-state index is 13.0. The number of carbonyl (C=O) groups excluding carboxylic acids is 4. The molecule has 170 valence electrons. The first-order valence-electron chi connectivity index (χ1n) is 11.8. The molecule has 4 aliphatic rings. The van der Waals surface area contributed by atoms with Crippen LogP contribution in [0.4, 0.5) is 4.79 Å². The van der Waals surface area contributed by atoms with Crippen LogP contribution in [-0.2, 0) is 16.1 Å². The van der Waals surface area contributed by atoms with Gasteiger partial charge in [-0.2, -0.15) is 0 Å². The smallest absolute Gasteiger partial charge is 0.325 e. The Balaban J connectivity index is 1.18. The molecule has 0 radical (unpaired) electrons. The highest BCUT2D eigenvalue weighted by molar-refractivity contribution is 6.07. The van der Waals surface area contributed by atoms with E-state index >= 15 is 0 Å². The van der Waals surface area contributed by atoms with E-state index in [9.17, 15) is 19.2 Å². The van der Waals surface area contributed by atoms with Crippen LogP contribution in [0.15, 0.2) is 24.3 Å². The standard InChI is InChI=1S/C24H30N4O4/c29-20(11-14-27-22(31)24(26-23(27)32)12-1-2-13-24)28(19-9-10-19)15-16-3-5-17(6-4-16)21(30)25-18-7-8-18/h3-6,18-19H,1-2,7-15H2,(H,25,30)(H,26,32). The maximum absolute atomic E-state index is 13.0. The van der Waals surface area contributed by atoms with Crippen LogP contribution in [0.2, 0.25) is 0 Å². The number of urea groups is 1. The lowest BCUT2D eigenvalue weighted by atomic mass is 9.98. The summed E-state index contributed by atoms with van der Waals surface area (Å²) < 4.78 is 0. The van der Waals surface area contributed by atoms with E-state index in [1.54, 1.807) is 12.1 Å². The summed E-state index contributed by atoms with van der Waals surface area (Å²) >= 11 is 0. The lowest BCUT2D eigenvalue weighted by Gasteiger charge is -2.24. The highest BCUT2D eigenvalue weighted by Gasteiger charge is 2.52. The van der Waals surface area contributed by atoms with Crippen molar-refractivity contribution in [1.82, 2.24) is 20.4 Å². The van der Waals surface area contributed by atoms with Gasteiger partial charge in [0.2, 0.25) is 5.91 Å². The molecule has 8 nitrogen and oxygen atoms in total. The van der Waals surface area contributed by atoms with Crippen LogP contribution in [0.25, 0.3) is 0 Å². The Hall–Kier alpha value is -2.90. The fourth-order valence-corrected chi connectivity index (χ4v) is 4.81. The summed E-state index contributed by atoms with van der Waals surface area (Å²) in [6.07, 6.45) is 7.43. The first-order valence-corrected chi connectivity index (χ1v) is 11.8. The van der Waals surface area contributed by atoms with Gasteiger partial charge in [0.05, 0.1) is 0 Å². The van der Waals surface area contributed by atoms with Gasteiger partial charge in [-0.3, -0.25) is 19.3 Å². The zero-order valence-corrected chi connectivity index (χ0v) is 18.3. The number of nitrogens with one attached hydrogen (secondary N) is 2. The molecule has 5 amide bonds. The minimum Gasteiger partial charge on any atom is -0.349 e. The number of benzene rings is 1. The molecule has 8 heteroatoms. The zero-order valence-electron chi connectivity index (χ0n) is 18.3. The summed E-state index contributed by atoms with van der Waals surface area (Å²) in [5.41, 5.74) is 0.863. The largest absolute Gasteiger partial charge is 0.349 e. The third-order valence-corrected chi connectivity index (χ3v) is 7.04. The van der Waals surface area contributed by atoms with Crippen LogP contribution in [0, 0.1) is 0 Å². The van der Waals surface area contributed by atoms with E-state index in [4.69, 9.17) is 0 Å². The van der Waals surface area contributed by atoms with Gasteiger partial charge >= 0.3 is 6.03 Å². The number of hydrogen-bond acceptors (Lipinski definition) is 4. The average Bonchev–Trinajstić information content (AvgIpc) is 3.71. The molecular formula is C24H30N4O4. The van der Waals surface area contributed by atoms with Gasteiger partial charge in [-0.25, -0.2) is 4.79 Å². The Morgan fingerprint density at radius 2 is 1.75 bits per heavy atom. The molecule has 32 heavy (non-hydrogen) atoms. The van der Waals surface area contributed by atoms with E-state index in [0.29, 0.717) is 31.0 Å². The third kappa shape index (κ3) is 4.23. The van der Waals surface area contributed by atoms with E-state index in [-0.39, 0.29) is 42.8 Å². The Kier molecular flexibility index (Phi) is 5.39. The number of rotatable bonds is 8. The Bertz CT molecular complexity index is 930. The van der Waals surface area contributed by atoms with Crippen molar-refractivity contribution in [1.29, 1.82) is 0 Å². The fourth-order valence-electron chi connectivity index (χ4n) is 4.81. The SMILES string of the molecule is O=C(NC1CC1)c1ccc(CN(C(=O)CCN2C(=O)NC3(CCCC3)C2=O)C2CC2)cc1. The highest BCUT2D eigenvalue weighted by Crippen LogP contribution is 2.35. The maximum Gasteiger partial charge on any atom is 0.325 e. The molecule has 1 spiro atoms. The predicted octanol–water partition coefficient (Wildman–Crippen LogP) is 2.32. The number of amides is 5. The van der Waals surface area contributed by atoms with Crippen LogP contribution in [0.5, 0.6) is 0 Å². The molecule has 0 atom stereocenters. The van der Waals surface area contributed by atoms with Gasteiger partial charge in [0, 0.05) is 37.2 Å². The minimum atomic E-state index is -0.732. The van der Waals surface area contributed by atoms with Crippen LogP contribution in [-0.4, -0.2) is 57.7 Å². The molecule has 3 aliphatic carbocycles. The second-order valence-corrected chi connectivity index (χ2v) is 9.62. The zero-order chi connectivity index (χ0) is 22.3. The van der Waals surface area contributed by atoms with Crippen LogP contribution >= 0.6 is 0 Å². The summed E-state index contributed by atoms with van der Waals surface area (Å²) in [7, 11) is 0. The van der Waals surface area contributed by atoms with Crippen molar-refractivity contribution >= 4 is 23.8 Å². The van der Waals surface area contributed by atoms with Crippen molar-refractivity contribution in [3.63, 3.8) is 0 Å². The van der Waals surface area contributed by atoms with E-state index in [1.165, 1.54) is 4.90 Å². The number of nitrogens with zero attached hydrogens (tertiary/aromatic N) is 2. The minimum absolute atomic E-state index is 0.0453. The highest BCUT2D eigenvalue weighted by atomic mass is 16.2. The molecule has 5 rings (SSSR count). The fraction of sp³-hybridized carbons (Fsp3) is 0.583. The quantitative estimate of drug-likeness (QED) is 0.609. The van der Waals surface area contributed by atoms with E-state index in [2.05, 4.69) is 10.6 Å². The molecule has 1 aromatic carbocycles. The molecule has 1 aromatic rings.